The quantitative estimate of drug-likeness (QED) is 0.298. The number of hydrogen-bond donors (Lipinski definition) is 0. The monoisotopic (exact) mass is 460 g/mol. The van der Waals surface area contributed by atoms with Gasteiger partial charge in [0, 0.05) is 33.3 Å². The molecule has 7 aromatic rings. The first-order valence-corrected chi connectivity index (χ1v) is 11.5. The van der Waals surface area contributed by atoms with E-state index >= 15 is 0 Å². The zero-order valence-corrected chi connectivity index (χ0v) is 18.9. The van der Waals surface area contributed by atoms with Crippen molar-refractivity contribution in [2.75, 3.05) is 0 Å². The van der Waals surface area contributed by atoms with Crippen LogP contribution in [0.3, 0.4) is 0 Å². The number of nitriles is 2. The van der Waals surface area contributed by atoms with Gasteiger partial charge in [0.1, 0.15) is 23.5 Å². The van der Waals surface area contributed by atoms with E-state index in [-0.39, 0.29) is 11.4 Å². The second-order valence-corrected chi connectivity index (χ2v) is 8.59. The molecule has 4 aromatic carbocycles. The number of benzene rings is 4. The number of nitrogens with zero attached hydrogens (tertiary/aromatic N) is 6. The number of para-hydroxylation sites is 3. The van der Waals surface area contributed by atoms with Crippen molar-refractivity contribution in [2.45, 2.75) is 0 Å². The molecule has 0 bridgehead atoms. The summed E-state index contributed by atoms with van der Waals surface area (Å²) < 4.78 is 4.21. The highest BCUT2D eigenvalue weighted by molar-refractivity contribution is 6.12. The second-order valence-electron chi connectivity index (χ2n) is 8.59. The van der Waals surface area contributed by atoms with Crippen LogP contribution in [0.25, 0.3) is 55.2 Å². The molecule has 3 aromatic heterocycles. The lowest BCUT2D eigenvalue weighted by Crippen LogP contribution is -2.04. The minimum atomic E-state index is 0.157. The molecule has 6 heteroatoms. The normalized spacial score (nSPS) is 11.3. The third-order valence-electron chi connectivity index (χ3n) is 6.64. The standard InChI is InChI=1S/C30H16N6/c31-17-19-15-20(18-32)34-30(33-19)36-28-12-6-3-9-24(28)25-16-21(13-14-29(25)36)35-26-10-4-1-7-22(26)23-8-2-5-11-27(23)35/h1-16H. The summed E-state index contributed by atoms with van der Waals surface area (Å²) in [5, 5.41) is 23.4. The lowest BCUT2D eigenvalue weighted by Gasteiger charge is -2.09. The lowest BCUT2D eigenvalue weighted by atomic mass is 10.1. The highest BCUT2D eigenvalue weighted by Gasteiger charge is 2.18. The molecule has 0 aliphatic rings. The van der Waals surface area contributed by atoms with Crippen LogP contribution in [-0.4, -0.2) is 19.1 Å². The van der Waals surface area contributed by atoms with Crippen LogP contribution in [0.4, 0.5) is 0 Å². The predicted octanol–water partition coefficient (Wildman–Crippen LogP) is 6.41. The lowest BCUT2D eigenvalue weighted by molar-refractivity contribution is 0.968. The average Bonchev–Trinajstić information content (AvgIpc) is 3.45. The summed E-state index contributed by atoms with van der Waals surface area (Å²) in [6.07, 6.45) is 0. The Labute approximate surface area is 205 Å². The fourth-order valence-corrected chi connectivity index (χ4v) is 5.17. The van der Waals surface area contributed by atoms with Gasteiger partial charge in [-0.25, -0.2) is 9.97 Å². The van der Waals surface area contributed by atoms with E-state index in [1.54, 1.807) is 0 Å². The van der Waals surface area contributed by atoms with Crippen LogP contribution >= 0.6 is 0 Å². The van der Waals surface area contributed by atoms with Gasteiger partial charge in [0.05, 0.1) is 22.1 Å². The van der Waals surface area contributed by atoms with E-state index in [1.165, 1.54) is 16.8 Å². The summed E-state index contributed by atoms with van der Waals surface area (Å²) in [4.78, 5) is 8.86. The van der Waals surface area contributed by atoms with Gasteiger partial charge in [0.15, 0.2) is 0 Å². The Balaban J connectivity index is 1.57. The fourth-order valence-electron chi connectivity index (χ4n) is 5.17. The van der Waals surface area contributed by atoms with Gasteiger partial charge < -0.3 is 4.57 Å². The first-order valence-electron chi connectivity index (χ1n) is 11.5. The largest absolute Gasteiger partial charge is 0.309 e. The summed E-state index contributed by atoms with van der Waals surface area (Å²) in [5.74, 6) is 0.307. The smallest absolute Gasteiger partial charge is 0.237 e. The van der Waals surface area contributed by atoms with Crippen LogP contribution in [0.1, 0.15) is 11.4 Å². The van der Waals surface area contributed by atoms with Crippen molar-refractivity contribution >= 4 is 43.6 Å². The average molecular weight is 461 g/mol. The SMILES string of the molecule is N#Cc1cc(C#N)nc(-n2c3ccccc3c3cc(-n4c5ccccc5c5ccccc54)ccc32)n1. The molecule has 0 radical (unpaired) electrons. The van der Waals surface area contributed by atoms with Gasteiger partial charge >= 0.3 is 0 Å². The molecule has 0 aliphatic carbocycles. The number of rotatable bonds is 2. The Hall–Kier alpha value is -5.46. The van der Waals surface area contributed by atoms with Crippen LogP contribution in [0.15, 0.2) is 97.1 Å². The van der Waals surface area contributed by atoms with Gasteiger partial charge in [-0.3, -0.25) is 4.57 Å². The number of fused-ring (bicyclic) bond motifs is 6. The van der Waals surface area contributed by atoms with Gasteiger partial charge in [-0.15, -0.1) is 0 Å². The zero-order chi connectivity index (χ0) is 24.2. The minimum absolute atomic E-state index is 0.157. The molecule has 0 fully saturated rings. The van der Waals surface area contributed by atoms with Crippen LogP contribution in [0.2, 0.25) is 0 Å². The van der Waals surface area contributed by atoms with Crippen molar-refractivity contribution in [2.24, 2.45) is 0 Å². The van der Waals surface area contributed by atoms with E-state index in [0.29, 0.717) is 5.95 Å². The Kier molecular flexibility index (Phi) is 4.17. The predicted molar refractivity (Wildman–Crippen MR) is 140 cm³/mol. The van der Waals surface area contributed by atoms with Crippen molar-refractivity contribution in [1.29, 1.82) is 10.5 Å². The highest BCUT2D eigenvalue weighted by atomic mass is 15.2. The van der Waals surface area contributed by atoms with Crippen molar-refractivity contribution < 1.29 is 0 Å². The Morgan fingerprint density at radius 2 is 0.972 bits per heavy atom. The van der Waals surface area contributed by atoms with Gasteiger partial charge in [0.2, 0.25) is 5.95 Å². The number of aromatic nitrogens is 4. The van der Waals surface area contributed by atoms with E-state index < -0.39 is 0 Å². The maximum absolute atomic E-state index is 9.46. The third kappa shape index (κ3) is 2.76. The molecule has 0 N–H and O–H groups in total. The van der Waals surface area contributed by atoms with Crippen LogP contribution < -0.4 is 0 Å². The van der Waals surface area contributed by atoms with E-state index in [4.69, 9.17) is 0 Å². The van der Waals surface area contributed by atoms with E-state index in [2.05, 4.69) is 87.3 Å². The number of hydrogen-bond acceptors (Lipinski definition) is 4. The summed E-state index contributed by atoms with van der Waals surface area (Å²) in [7, 11) is 0. The molecule has 0 aliphatic heterocycles. The van der Waals surface area contributed by atoms with Crippen molar-refractivity contribution in [3.05, 3.63) is 108 Å². The first-order chi connectivity index (χ1) is 17.8. The van der Waals surface area contributed by atoms with Crippen molar-refractivity contribution in [3.63, 3.8) is 0 Å². The van der Waals surface area contributed by atoms with E-state index in [0.717, 1.165) is 38.5 Å². The maximum Gasteiger partial charge on any atom is 0.237 e. The molecular formula is C30H16N6. The van der Waals surface area contributed by atoms with Gasteiger partial charge in [-0.1, -0.05) is 54.6 Å². The van der Waals surface area contributed by atoms with Gasteiger partial charge in [-0.2, -0.15) is 10.5 Å². The molecule has 7 rings (SSSR count). The molecule has 0 saturated carbocycles. The van der Waals surface area contributed by atoms with Crippen LogP contribution in [-0.2, 0) is 0 Å². The van der Waals surface area contributed by atoms with Gasteiger partial charge in [-0.05, 0) is 36.4 Å². The van der Waals surface area contributed by atoms with E-state index in [1.807, 2.05) is 34.9 Å². The summed E-state index contributed by atoms with van der Waals surface area (Å²) in [6.45, 7) is 0. The van der Waals surface area contributed by atoms with E-state index in [9.17, 15) is 10.5 Å². The second kappa shape index (κ2) is 7.53. The molecule has 6 nitrogen and oxygen atoms in total. The molecule has 0 saturated heterocycles. The maximum atomic E-state index is 9.46. The molecular weight excluding hydrogens is 444 g/mol. The fraction of sp³-hybridized carbons (Fsp3) is 0. The molecule has 0 spiro atoms. The molecule has 3 heterocycles. The minimum Gasteiger partial charge on any atom is -0.309 e. The first kappa shape index (κ1) is 20.0. The molecule has 166 valence electrons. The van der Waals surface area contributed by atoms with Crippen LogP contribution in [0.5, 0.6) is 0 Å². The third-order valence-corrected chi connectivity index (χ3v) is 6.64. The topological polar surface area (TPSA) is 83.2 Å². The molecule has 0 unspecified atom stereocenters. The Morgan fingerprint density at radius 3 is 1.53 bits per heavy atom. The molecule has 0 amide bonds. The Bertz CT molecular complexity index is 2000. The Morgan fingerprint density at radius 1 is 0.500 bits per heavy atom. The highest BCUT2D eigenvalue weighted by Crippen LogP contribution is 2.36. The molecule has 36 heavy (non-hydrogen) atoms. The van der Waals surface area contributed by atoms with Crippen molar-refractivity contribution in [1.82, 2.24) is 19.1 Å². The van der Waals surface area contributed by atoms with Crippen LogP contribution in [0, 0.1) is 22.7 Å². The summed E-state index contributed by atoms with van der Waals surface area (Å²) in [6, 6.07) is 36.7. The van der Waals surface area contributed by atoms with Gasteiger partial charge in [0.25, 0.3) is 0 Å². The molecule has 0 atom stereocenters. The summed E-state index contributed by atoms with van der Waals surface area (Å²) >= 11 is 0. The summed E-state index contributed by atoms with van der Waals surface area (Å²) in [5.41, 5.74) is 5.46. The van der Waals surface area contributed by atoms with Crippen molar-refractivity contribution in [3.8, 4) is 23.8 Å². The zero-order valence-electron chi connectivity index (χ0n) is 18.9.